The number of anilines is 1. The van der Waals surface area contributed by atoms with Gasteiger partial charge in [0.05, 0.1) is 12.1 Å². The van der Waals surface area contributed by atoms with Gasteiger partial charge in [-0.1, -0.05) is 36.4 Å². The number of methoxy groups -OCH3 is 1. The fourth-order valence-corrected chi connectivity index (χ4v) is 2.03. The molecular formula is C17H18ClNO2. The Hall–Kier alpha value is -2.13. The summed E-state index contributed by atoms with van der Waals surface area (Å²) in [6.07, 6.45) is 1.73. The highest BCUT2D eigenvalue weighted by atomic mass is 35.5. The fourth-order valence-electron chi connectivity index (χ4n) is 1.83. The zero-order chi connectivity index (χ0) is 15.1. The topological polar surface area (TPSA) is 30.5 Å². The molecule has 0 amide bonds. The molecule has 0 fully saturated rings. The molecule has 1 N–H and O–H groups in total. The summed E-state index contributed by atoms with van der Waals surface area (Å²) in [5.74, 6) is 1.50. The van der Waals surface area contributed by atoms with E-state index in [4.69, 9.17) is 21.1 Å². The van der Waals surface area contributed by atoms with Crippen molar-refractivity contribution in [3.05, 3.63) is 65.7 Å². The molecule has 0 spiro atoms. The van der Waals surface area contributed by atoms with Gasteiger partial charge in [-0.2, -0.15) is 0 Å². The van der Waals surface area contributed by atoms with Gasteiger partial charge in [-0.25, -0.2) is 0 Å². The zero-order valence-electron chi connectivity index (χ0n) is 11.9. The number of nitrogens with one attached hydrogen (secondary N) is 1. The second kappa shape index (κ2) is 7.60. The molecule has 110 valence electrons. The predicted molar refractivity (Wildman–Crippen MR) is 87.5 cm³/mol. The maximum atomic E-state index is 6.00. The fraction of sp³-hybridized carbons (Fsp3) is 0.176. The van der Waals surface area contributed by atoms with Crippen LogP contribution in [0.4, 0.5) is 5.69 Å². The highest BCUT2D eigenvalue weighted by molar-refractivity contribution is 6.32. The SMILES string of the molecule is C=CCOc1ccc(CNc2ccc(Cl)c(OC)c2)cc1. The lowest BCUT2D eigenvalue weighted by molar-refractivity contribution is 0.363. The standard InChI is InChI=1S/C17H18ClNO2/c1-3-10-21-15-7-4-13(5-8-15)12-19-14-6-9-16(18)17(11-14)20-2/h3-9,11,19H,1,10,12H2,2H3. The van der Waals surface area contributed by atoms with Crippen molar-refractivity contribution in [2.24, 2.45) is 0 Å². The summed E-state index contributed by atoms with van der Waals surface area (Å²) < 4.78 is 10.6. The molecular weight excluding hydrogens is 286 g/mol. The Kier molecular flexibility index (Phi) is 5.52. The first-order chi connectivity index (χ1) is 10.2. The molecule has 0 unspecified atom stereocenters. The lowest BCUT2D eigenvalue weighted by Gasteiger charge is -2.10. The smallest absolute Gasteiger partial charge is 0.139 e. The van der Waals surface area contributed by atoms with E-state index in [1.54, 1.807) is 13.2 Å². The second-order valence-electron chi connectivity index (χ2n) is 4.45. The third-order valence-corrected chi connectivity index (χ3v) is 3.25. The number of hydrogen-bond acceptors (Lipinski definition) is 3. The van der Waals surface area contributed by atoms with Gasteiger partial charge in [-0.15, -0.1) is 0 Å². The average molecular weight is 304 g/mol. The zero-order valence-corrected chi connectivity index (χ0v) is 12.7. The minimum Gasteiger partial charge on any atom is -0.495 e. The van der Waals surface area contributed by atoms with E-state index in [0.717, 1.165) is 17.0 Å². The Morgan fingerprint density at radius 1 is 1.19 bits per heavy atom. The van der Waals surface area contributed by atoms with Crippen LogP contribution in [0.25, 0.3) is 0 Å². The molecule has 2 aromatic carbocycles. The molecule has 0 atom stereocenters. The Labute approximate surface area is 130 Å². The first-order valence-corrected chi connectivity index (χ1v) is 7.01. The van der Waals surface area contributed by atoms with Crippen molar-refractivity contribution in [1.82, 2.24) is 0 Å². The summed E-state index contributed by atoms with van der Waals surface area (Å²) in [6.45, 7) is 4.85. The minimum absolute atomic E-state index is 0.516. The van der Waals surface area contributed by atoms with Crippen molar-refractivity contribution in [3.63, 3.8) is 0 Å². The first kappa shape index (κ1) is 15.3. The van der Waals surface area contributed by atoms with Gasteiger partial charge in [0, 0.05) is 18.3 Å². The molecule has 2 rings (SSSR count). The molecule has 3 nitrogen and oxygen atoms in total. The number of benzene rings is 2. The predicted octanol–water partition coefficient (Wildman–Crippen LogP) is 4.53. The first-order valence-electron chi connectivity index (χ1n) is 6.63. The molecule has 0 aliphatic rings. The maximum Gasteiger partial charge on any atom is 0.139 e. The van der Waals surface area contributed by atoms with Gasteiger partial charge in [-0.05, 0) is 29.8 Å². The van der Waals surface area contributed by atoms with Gasteiger partial charge in [-0.3, -0.25) is 0 Å². The Morgan fingerprint density at radius 2 is 1.95 bits per heavy atom. The van der Waals surface area contributed by atoms with Crippen molar-refractivity contribution >= 4 is 17.3 Å². The summed E-state index contributed by atoms with van der Waals surface area (Å²) in [6, 6.07) is 13.6. The third-order valence-electron chi connectivity index (χ3n) is 2.94. The number of ether oxygens (including phenoxy) is 2. The van der Waals surface area contributed by atoms with Crippen LogP contribution in [0.15, 0.2) is 55.1 Å². The molecule has 4 heteroatoms. The van der Waals surface area contributed by atoms with Crippen LogP contribution in [0.5, 0.6) is 11.5 Å². The molecule has 0 aromatic heterocycles. The minimum atomic E-state index is 0.516. The quantitative estimate of drug-likeness (QED) is 0.763. The van der Waals surface area contributed by atoms with E-state index < -0.39 is 0 Å². The van der Waals surface area contributed by atoms with Gasteiger partial charge < -0.3 is 14.8 Å². The van der Waals surface area contributed by atoms with Crippen LogP contribution in [0.1, 0.15) is 5.56 Å². The molecule has 21 heavy (non-hydrogen) atoms. The summed E-state index contributed by atoms with van der Waals surface area (Å²) in [5.41, 5.74) is 2.12. The van der Waals surface area contributed by atoms with Crippen molar-refractivity contribution < 1.29 is 9.47 Å². The maximum absolute atomic E-state index is 6.00. The van der Waals surface area contributed by atoms with E-state index in [2.05, 4.69) is 11.9 Å². The molecule has 0 saturated carbocycles. The summed E-state index contributed by atoms with van der Waals surface area (Å²) in [7, 11) is 1.60. The largest absolute Gasteiger partial charge is 0.495 e. The molecule has 0 heterocycles. The van der Waals surface area contributed by atoms with Crippen molar-refractivity contribution in [3.8, 4) is 11.5 Å². The molecule has 0 saturated heterocycles. The average Bonchev–Trinajstić information content (AvgIpc) is 2.53. The van der Waals surface area contributed by atoms with E-state index in [-0.39, 0.29) is 0 Å². The van der Waals surface area contributed by atoms with Crippen LogP contribution in [0.3, 0.4) is 0 Å². The van der Waals surface area contributed by atoms with Crippen molar-refractivity contribution in [1.29, 1.82) is 0 Å². The summed E-state index contributed by atoms with van der Waals surface area (Å²) in [4.78, 5) is 0. The van der Waals surface area contributed by atoms with E-state index in [1.165, 1.54) is 0 Å². The Morgan fingerprint density at radius 3 is 2.62 bits per heavy atom. The van der Waals surface area contributed by atoms with Gasteiger partial charge >= 0.3 is 0 Å². The number of rotatable bonds is 7. The monoisotopic (exact) mass is 303 g/mol. The van der Waals surface area contributed by atoms with Crippen LogP contribution in [-0.4, -0.2) is 13.7 Å². The molecule has 2 aromatic rings. The summed E-state index contributed by atoms with van der Waals surface area (Å²) >= 11 is 6.00. The molecule has 0 aliphatic carbocycles. The van der Waals surface area contributed by atoms with E-state index >= 15 is 0 Å². The number of halogens is 1. The molecule has 0 aliphatic heterocycles. The normalized spacial score (nSPS) is 10.0. The van der Waals surface area contributed by atoms with Gasteiger partial charge in [0.25, 0.3) is 0 Å². The Bertz CT molecular complexity index is 596. The van der Waals surface area contributed by atoms with Crippen LogP contribution in [0.2, 0.25) is 5.02 Å². The highest BCUT2D eigenvalue weighted by Crippen LogP contribution is 2.27. The lowest BCUT2D eigenvalue weighted by Crippen LogP contribution is -2.00. The third kappa shape index (κ3) is 4.43. The highest BCUT2D eigenvalue weighted by Gasteiger charge is 2.02. The van der Waals surface area contributed by atoms with Crippen LogP contribution >= 0.6 is 11.6 Å². The van der Waals surface area contributed by atoms with Crippen LogP contribution in [-0.2, 0) is 6.54 Å². The van der Waals surface area contributed by atoms with E-state index in [0.29, 0.717) is 23.9 Å². The molecule has 0 radical (unpaired) electrons. The second-order valence-corrected chi connectivity index (χ2v) is 4.85. The summed E-state index contributed by atoms with van der Waals surface area (Å²) in [5, 5.41) is 3.93. The van der Waals surface area contributed by atoms with Gasteiger partial charge in [0.1, 0.15) is 18.1 Å². The van der Waals surface area contributed by atoms with Crippen LogP contribution < -0.4 is 14.8 Å². The Balaban J connectivity index is 1.94. The van der Waals surface area contributed by atoms with E-state index in [9.17, 15) is 0 Å². The number of hydrogen-bond donors (Lipinski definition) is 1. The van der Waals surface area contributed by atoms with E-state index in [1.807, 2.05) is 42.5 Å². The molecule has 0 bridgehead atoms. The van der Waals surface area contributed by atoms with Crippen LogP contribution in [0, 0.1) is 0 Å². The van der Waals surface area contributed by atoms with Gasteiger partial charge in [0.2, 0.25) is 0 Å². The van der Waals surface area contributed by atoms with Gasteiger partial charge in [0.15, 0.2) is 0 Å². The van der Waals surface area contributed by atoms with Crippen molar-refractivity contribution in [2.75, 3.05) is 19.0 Å². The van der Waals surface area contributed by atoms with Crippen molar-refractivity contribution in [2.45, 2.75) is 6.54 Å². The lowest BCUT2D eigenvalue weighted by atomic mass is 10.2.